The van der Waals surface area contributed by atoms with Crippen molar-refractivity contribution in [2.45, 2.75) is 13.2 Å². The summed E-state index contributed by atoms with van der Waals surface area (Å²) in [5.74, 6) is -1.11. The Labute approximate surface area is 132 Å². The van der Waals surface area contributed by atoms with Crippen molar-refractivity contribution in [2.24, 2.45) is 0 Å². The Morgan fingerprint density at radius 1 is 1.17 bits per heavy atom. The van der Waals surface area contributed by atoms with Crippen LogP contribution in [0.15, 0.2) is 30.6 Å². The maximum absolute atomic E-state index is 13.8. The Morgan fingerprint density at radius 3 is 2.71 bits per heavy atom. The molecule has 0 amide bonds. The lowest BCUT2D eigenvalue weighted by atomic mass is 10.1. The predicted octanol–water partition coefficient (Wildman–Crippen LogP) is 2.98. The molecular weight excluding hydrogens is 332 g/mol. The highest BCUT2D eigenvalue weighted by molar-refractivity contribution is 5.64. The van der Waals surface area contributed by atoms with Crippen LogP contribution in [0.25, 0.3) is 16.8 Å². The normalized spacial score (nSPS) is 11.4. The summed E-state index contributed by atoms with van der Waals surface area (Å²) in [7, 11) is 0. The molecule has 126 valence electrons. The Hall–Kier alpha value is -2.75. The quantitative estimate of drug-likeness (QED) is 0.645. The minimum atomic E-state index is -2.93. The number of nitrogens with zero attached hydrogens (tertiary/aromatic N) is 4. The van der Waals surface area contributed by atoms with Crippen molar-refractivity contribution in [3.8, 4) is 17.0 Å². The van der Waals surface area contributed by atoms with Gasteiger partial charge in [-0.05, 0) is 18.2 Å². The monoisotopic (exact) mass is 342 g/mol. The molecule has 10 heteroatoms. The summed E-state index contributed by atoms with van der Waals surface area (Å²) in [5, 5.41) is 7.59. The molecule has 3 rings (SSSR count). The van der Waals surface area contributed by atoms with E-state index in [1.807, 2.05) is 0 Å². The van der Waals surface area contributed by atoms with Crippen LogP contribution in [-0.2, 0) is 11.3 Å². The number of ether oxygens (including phenoxy) is 2. The zero-order valence-corrected chi connectivity index (χ0v) is 12.0. The van der Waals surface area contributed by atoms with Gasteiger partial charge in [0, 0.05) is 23.5 Å². The lowest BCUT2D eigenvalue weighted by Gasteiger charge is -2.07. The van der Waals surface area contributed by atoms with Gasteiger partial charge in [-0.3, -0.25) is 4.40 Å². The van der Waals surface area contributed by atoms with E-state index in [-0.39, 0.29) is 5.82 Å². The molecule has 3 aromatic rings. The minimum absolute atomic E-state index is 0.165. The van der Waals surface area contributed by atoms with E-state index in [1.165, 1.54) is 16.8 Å². The fraction of sp³-hybridized carbons (Fsp3) is 0.214. The SMILES string of the molecule is FCOc1ncc(-c2ccc3nnc(COC(F)F)n3c2)cc1F. The second-order valence-corrected chi connectivity index (χ2v) is 4.60. The molecule has 0 N–H and O–H groups in total. The fourth-order valence-electron chi connectivity index (χ4n) is 2.09. The summed E-state index contributed by atoms with van der Waals surface area (Å²) in [5.41, 5.74) is 1.33. The zero-order valence-electron chi connectivity index (χ0n) is 12.0. The van der Waals surface area contributed by atoms with Crippen LogP contribution in [0.4, 0.5) is 17.6 Å². The number of hydrogen-bond acceptors (Lipinski definition) is 5. The number of alkyl halides is 3. The van der Waals surface area contributed by atoms with Gasteiger partial charge in [-0.2, -0.15) is 8.78 Å². The first kappa shape index (κ1) is 16.1. The molecule has 0 aromatic carbocycles. The Bertz CT molecular complexity index is 856. The molecule has 0 radical (unpaired) electrons. The molecule has 6 nitrogen and oxygen atoms in total. The molecule has 0 saturated heterocycles. The van der Waals surface area contributed by atoms with Crippen LogP contribution in [0.2, 0.25) is 0 Å². The third-order valence-electron chi connectivity index (χ3n) is 3.14. The maximum Gasteiger partial charge on any atom is 0.345 e. The van der Waals surface area contributed by atoms with Crippen LogP contribution < -0.4 is 4.74 Å². The summed E-state index contributed by atoms with van der Waals surface area (Å²) in [4.78, 5) is 3.69. The molecule has 0 unspecified atom stereocenters. The summed E-state index contributed by atoms with van der Waals surface area (Å²) >= 11 is 0. The summed E-state index contributed by atoms with van der Waals surface area (Å²) in [6.45, 7) is -4.55. The third kappa shape index (κ3) is 3.27. The molecule has 0 aliphatic heterocycles. The Kier molecular flexibility index (Phi) is 4.56. The molecule has 3 aromatic heterocycles. The van der Waals surface area contributed by atoms with Gasteiger partial charge in [0.2, 0.25) is 6.86 Å². The van der Waals surface area contributed by atoms with E-state index in [9.17, 15) is 17.6 Å². The minimum Gasteiger partial charge on any atom is -0.444 e. The number of pyridine rings is 2. The van der Waals surface area contributed by atoms with Crippen molar-refractivity contribution < 1.29 is 27.0 Å². The lowest BCUT2D eigenvalue weighted by molar-refractivity contribution is -0.138. The Balaban J connectivity index is 1.95. The van der Waals surface area contributed by atoms with Crippen molar-refractivity contribution in [3.05, 3.63) is 42.2 Å². The van der Waals surface area contributed by atoms with Gasteiger partial charge >= 0.3 is 6.61 Å². The Morgan fingerprint density at radius 2 is 2.00 bits per heavy atom. The van der Waals surface area contributed by atoms with E-state index in [0.717, 1.165) is 6.07 Å². The average Bonchev–Trinajstić information content (AvgIpc) is 2.97. The third-order valence-corrected chi connectivity index (χ3v) is 3.14. The lowest BCUT2D eigenvalue weighted by Crippen LogP contribution is -2.03. The largest absolute Gasteiger partial charge is 0.444 e. The van der Waals surface area contributed by atoms with Crippen molar-refractivity contribution >= 4 is 5.65 Å². The second-order valence-electron chi connectivity index (χ2n) is 4.60. The predicted molar refractivity (Wildman–Crippen MR) is 73.6 cm³/mol. The standard InChI is InChI=1S/C14H10F4N4O2/c15-7-24-13-10(16)3-9(4-19-13)8-1-2-11-20-21-12(22(11)5-8)6-23-14(17)18/h1-5,14H,6-7H2. The molecule has 0 atom stereocenters. The van der Waals surface area contributed by atoms with E-state index < -0.39 is 31.8 Å². The summed E-state index contributed by atoms with van der Waals surface area (Å²) < 4.78 is 60.2. The molecule has 0 aliphatic carbocycles. The molecule has 0 bridgehead atoms. The van der Waals surface area contributed by atoms with Crippen LogP contribution in [-0.4, -0.2) is 33.1 Å². The first-order valence-corrected chi connectivity index (χ1v) is 6.66. The van der Waals surface area contributed by atoms with Gasteiger partial charge in [0.15, 0.2) is 17.3 Å². The van der Waals surface area contributed by atoms with Crippen molar-refractivity contribution in [3.63, 3.8) is 0 Å². The highest BCUT2D eigenvalue weighted by Crippen LogP contribution is 2.24. The van der Waals surface area contributed by atoms with E-state index in [4.69, 9.17) is 0 Å². The smallest absolute Gasteiger partial charge is 0.345 e. The van der Waals surface area contributed by atoms with Gasteiger partial charge in [0.05, 0.1) is 0 Å². The number of halogens is 4. The van der Waals surface area contributed by atoms with Gasteiger partial charge in [-0.1, -0.05) is 0 Å². The molecule has 0 fully saturated rings. The number of hydrogen-bond donors (Lipinski definition) is 0. The van der Waals surface area contributed by atoms with Gasteiger partial charge in [0.1, 0.15) is 6.61 Å². The maximum atomic E-state index is 13.8. The first-order chi connectivity index (χ1) is 11.6. The summed E-state index contributed by atoms with van der Waals surface area (Å²) in [6, 6.07) is 4.34. The van der Waals surface area contributed by atoms with Gasteiger partial charge in [-0.25, -0.2) is 13.8 Å². The van der Waals surface area contributed by atoms with Crippen LogP contribution in [0.5, 0.6) is 5.88 Å². The van der Waals surface area contributed by atoms with E-state index in [0.29, 0.717) is 16.8 Å². The number of aromatic nitrogens is 4. The molecule has 24 heavy (non-hydrogen) atoms. The van der Waals surface area contributed by atoms with Crippen molar-refractivity contribution in [1.29, 1.82) is 0 Å². The average molecular weight is 342 g/mol. The molecule has 0 spiro atoms. The molecule has 0 saturated carbocycles. The van der Waals surface area contributed by atoms with Crippen LogP contribution >= 0.6 is 0 Å². The second kappa shape index (κ2) is 6.79. The summed E-state index contributed by atoms with van der Waals surface area (Å²) in [6.07, 6.45) is 2.83. The number of fused-ring (bicyclic) bond motifs is 1. The van der Waals surface area contributed by atoms with Crippen LogP contribution in [0.3, 0.4) is 0 Å². The van der Waals surface area contributed by atoms with Gasteiger partial charge in [0.25, 0.3) is 5.88 Å². The van der Waals surface area contributed by atoms with Gasteiger partial charge < -0.3 is 9.47 Å². The van der Waals surface area contributed by atoms with E-state index >= 15 is 0 Å². The van der Waals surface area contributed by atoms with Crippen molar-refractivity contribution in [1.82, 2.24) is 19.6 Å². The number of rotatable bonds is 6. The fourth-order valence-corrected chi connectivity index (χ4v) is 2.09. The topological polar surface area (TPSA) is 61.5 Å². The van der Waals surface area contributed by atoms with E-state index in [1.54, 1.807) is 12.1 Å². The molecule has 3 heterocycles. The van der Waals surface area contributed by atoms with Crippen molar-refractivity contribution in [2.75, 3.05) is 6.86 Å². The highest BCUT2D eigenvalue weighted by Gasteiger charge is 2.12. The zero-order chi connectivity index (χ0) is 17.1. The van der Waals surface area contributed by atoms with Gasteiger partial charge in [-0.15, -0.1) is 10.2 Å². The van der Waals surface area contributed by atoms with Crippen LogP contribution in [0.1, 0.15) is 5.82 Å². The van der Waals surface area contributed by atoms with E-state index in [2.05, 4.69) is 24.7 Å². The first-order valence-electron chi connectivity index (χ1n) is 6.66. The highest BCUT2D eigenvalue weighted by atomic mass is 19.3. The molecular formula is C14H10F4N4O2. The van der Waals surface area contributed by atoms with Crippen LogP contribution in [0, 0.1) is 5.82 Å². The molecule has 0 aliphatic rings.